The van der Waals surface area contributed by atoms with Crippen molar-refractivity contribution in [3.8, 4) is 27.9 Å². The number of allylic oxidation sites excluding steroid dienone is 6. The van der Waals surface area contributed by atoms with E-state index in [9.17, 15) is 0 Å². The second-order valence-corrected chi connectivity index (χ2v) is 16.2. The molecule has 0 amide bonds. The van der Waals surface area contributed by atoms with E-state index in [-0.39, 0.29) is 0 Å². The Morgan fingerprint density at radius 3 is 1.93 bits per heavy atom. The normalized spacial score (nSPS) is 16.5. The minimum Gasteiger partial charge on any atom is -0.313 e. The molecule has 0 bridgehead atoms. The minimum atomic E-state index is 0.347. The van der Waals surface area contributed by atoms with Crippen molar-refractivity contribution in [2.75, 3.05) is 0 Å². The van der Waals surface area contributed by atoms with Gasteiger partial charge in [-0.3, -0.25) is 0 Å². The van der Waals surface area contributed by atoms with Crippen LogP contribution < -0.4 is 0 Å². The molecule has 1 atom stereocenters. The van der Waals surface area contributed by atoms with E-state index in [2.05, 4.69) is 185 Å². The number of aryl methyl sites for hydroxylation is 1. The van der Waals surface area contributed by atoms with Crippen molar-refractivity contribution < 1.29 is 0 Å². The zero-order valence-corrected chi connectivity index (χ0v) is 32.0. The van der Waals surface area contributed by atoms with Gasteiger partial charge in [-0.2, -0.15) is 0 Å². The molecular formula is C55H42N2. The maximum absolute atomic E-state index is 2.60. The van der Waals surface area contributed by atoms with E-state index in [1.165, 1.54) is 105 Å². The van der Waals surface area contributed by atoms with Crippen molar-refractivity contribution in [1.82, 2.24) is 9.13 Å². The van der Waals surface area contributed by atoms with Gasteiger partial charge in [0.15, 0.2) is 0 Å². The molecule has 1 unspecified atom stereocenters. The van der Waals surface area contributed by atoms with E-state index >= 15 is 0 Å². The molecule has 0 spiro atoms. The van der Waals surface area contributed by atoms with Crippen molar-refractivity contribution in [2.45, 2.75) is 44.4 Å². The average Bonchev–Trinajstić information content (AvgIpc) is 3.72. The molecule has 0 saturated heterocycles. The highest BCUT2D eigenvalue weighted by Gasteiger charge is 2.26. The Morgan fingerprint density at radius 2 is 1.14 bits per heavy atom. The number of para-hydroxylation sites is 2. The Labute approximate surface area is 333 Å². The van der Waals surface area contributed by atoms with E-state index in [0.717, 1.165) is 38.5 Å². The van der Waals surface area contributed by atoms with Crippen LogP contribution in [0.25, 0.3) is 77.2 Å². The fourth-order valence-electron chi connectivity index (χ4n) is 10.5. The van der Waals surface area contributed by atoms with Crippen LogP contribution in [0, 0.1) is 0 Å². The molecule has 0 aliphatic heterocycles. The Balaban J connectivity index is 1.06. The van der Waals surface area contributed by atoms with Gasteiger partial charge in [0.25, 0.3) is 0 Å². The van der Waals surface area contributed by atoms with Crippen molar-refractivity contribution in [3.63, 3.8) is 0 Å². The molecule has 57 heavy (non-hydrogen) atoms. The summed E-state index contributed by atoms with van der Waals surface area (Å²) in [6.45, 7) is 0. The lowest BCUT2D eigenvalue weighted by atomic mass is 9.85. The highest BCUT2D eigenvalue weighted by atomic mass is 15.0. The summed E-state index contributed by atoms with van der Waals surface area (Å²) in [5.41, 5.74) is 20.1. The molecule has 2 heterocycles. The maximum atomic E-state index is 2.60. The molecule has 9 aromatic rings. The predicted octanol–water partition coefficient (Wildman–Crippen LogP) is 14.6. The van der Waals surface area contributed by atoms with E-state index in [1.807, 2.05) is 0 Å². The fraction of sp³-hybridized carbons (Fsp3) is 0.127. The average molecular weight is 731 g/mol. The highest BCUT2D eigenvalue weighted by Crippen LogP contribution is 2.45. The zero-order valence-electron chi connectivity index (χ0n) is 32.0. The fourth-order valence-corrected chi connectivity index (χ4v) is 10.5. The molecule has 272 valence electrons. The van der Waals surface area contributed by atoms with E-state index in [0.29, 0.717) is 5.92 Å². The third-order valence-electron chi connectivity index (χ3n) is 13.1. The molecule has 2 heteroatoms. The van der Waals surface area contributed by atoms with Gasteiger partial charge in [0.05, 0.1) is 22.1 Å². The smallest absolute Gasteiger partial charge is 0.0547 e. The summed E-state index contributed by atoms with van der Waals surface area (Å²) >= 11 is 0. The molecule has 12 rings (SSSR count). The molecule has 3 aliphatic rings. The quantitative estimate of drug-likeness (QED) is 0.171. The first-order valence-electron chi connectivity index (χ1n) is 20.7. The van der Waals surface area contributed by atoms with Crippen LogP contribution in [-0.2, 0) is 6.42 Å². The molecule has 0 radical (unpaired) electrons. The summed E-state index contributed by atoms with van der Waals surface area (Å²) in [5.74, 6) is 0.347. The van der Waals surface area contributed by atoms with Crippen LogP contribution >= 0.6 is 0 Å². The second-order valence-electron chi connectivity index (χ2n) is 16.2. The van der Waals surface area contributed by atoms with E-state index in [4.69, 9.17) is 0 Å². The van der Waals surface area contributed by atoms with Crippen LogP contribution in [0.4, 0.5) is 0 Å². The standard InChI is InChI=1S/C55H42N2/c1-2-13-36(14-3-1)43-29-25-38-16-4-6-18-42(38)50-35-41(28-32-45(43)50)56-52-22-10-8-20-46(52)48-30-26-39(33-54(48)56)40-27-31-49-47-21-9-11-23-53(47)57(55(49)34-40)51-24-12-17-37-15-5-7-19-44(37)51/h1-6,8-11,13-18,20-23,26-28,30-35,43H,7,12,19,24-25,29H2. The number of hydrogen-bond acceptors (Lipinski definition) is 0. The summed E-state index contributed by atoms with van der Waals surface area (Å²) < 4.78 is 5.11. The van der Waals surface area contributed by atoms with Crippen molar-refractivity contribution >= 4 is 49.3 Å². The Morgan fingerprint density at radius 1 is 0.474 bits per heavy atom. The third-order valence-corrected chi connectivity index (χ3v) is 13.1. The first-order chi connectivity index (χ1) is 28.3. The van der Waals surface area contributed by atoms with Crippen molar-refractivity contribution in [3.05, 3.63) is 204 Å². The summed E-state index contributed by atoms with van der Waals surface area (Å²) in [4.78, 5) is 0. The number of aromatic nitrogens is 2. The van der Waals surface area contributed by atoms with Gasteiger partial charge in [0.2, 0.25) is 0 Å². The summed E-state index contributed by atoms with van der Waals surface area (Å²) in [7, 11) is 0. The van der Waals surface area contributed by atoms with Gasteiger partial charge in [0, 0.05) is 38.8 Å². The maximum Gasteiger partial charge on any atom is 0.0547 e. The van der Waals surface area contributed by atoms with E-state index < -0.39 is 0 Å². The minimum absolute atomic E-state index is 0.347. The molecule has 0 saturated carbocycles. The van der Waals surface area contributed by atoms with Gasteiger partial charge < -0.3 is 9.13 Å². The monoisotopic (exact) mass is 730 g/mol. The predicted molar refractivity (Wildman–Crippen MR) is 240 cm³/mol. The third kappa shape index (κ3) is 5.10. The zero-order chi connectivity index (χ0) is 37.5. The number of rotatable bonds is 4. The van der Waals surface area contributed by atoms with Gasteiger partial charge in [-0.15, -0.1) is 0 Å². The summed E-state index contributed by atoms with van der Waals surface area (Å²) in [5, 5.41) is 5.20. The number of fused-ring (bicyclic) bond motifs is 10. The Bertz CT molecular complexity index is 3180. The molecule has 2 aromatic heterocycles. The number of hydrogen-bond donors (Lipinski definition) is 0. The lowest BCUT2D eigenvalue weighted by Gasteiger charge is -2.25. The van der Waals surface area contributed by atoms with Crippen LogP contribution in [-0.4, -0.2) is 9.13 Å². The van der Waals surface area contributed by atoms with Crippen LogP contribution in [0.15, 0.2) is 187 Å². The van der Waals surface area contributed by atoms with Gasteiger partial charge >= 0.3 is 0 Å². The molecular weight excluding hydrogens is 689 g/mol. The Hall–Kier alpha value is -6.64. The highest BCUT2D eigenvalue weighted by molar-refractivity contribution is 6.13. The Kier molecular flexibility index (Phi) is 7.41. The first-order valence-corrected chi connectivity index (χ1v) is 20.7. The van der Waals surface area contributed by atoms with Crippen LogP contribution in [0.5, 0.6) is 0 Å². The molecule has 0 N–H and O–H groups in total. The van der Waals surface area contributed by atoms with Gasteiger partial charge in [-0.25, -0.2) is 0 Å². The number of benzene rings is 7. The van der Waals surface area contributed by atoms with Crippen molar-refractivity contribution in [1.29, 1.82) is 0 Å². The summed E-state index contributed by atoms with van der Waals surface area (Å²) in [6, 6.07) is 59.6. The SMILES string of the molecule is C1=CC2=CCCC(n3c4ccccc4c4ccc(-c5ccc6c7ccccc7n(-c7ccc8c(c7)-c7ccccc7CCC8c7ccccc7)c6c5)cc43)=C2CC1. The second kappa shape index (κ2) is 13.0. The van der Waals surface area contributed by atoms with Crippen LogP contribution in [0.2, 0.25) is 0 Å². The van der Waals surface area contributed by atoms with Gasteiger partial charge in [-0.05, 0) is 125 Å². The largest absolute Gasteiger partial charge is 0.313 e. The topological polar surface area (TPSA) is 9.86 Å². The molecule has 2 nitrogen and oxygen atoms in total. The molecule has 3 aliphatic carbocycles. The van der Waals surface area contributed by atoms with Gasteiger partial charge in [0.1, 0.15) is 0 Å². The molecule has 7 aromatic carbocycles. The first kappa shape index (κ1) is 32.6. The van der Waals surface area contributed by atoms with Crippen LogP contribution in [0.1, 0.15) is 54.7 Å². The van der Waals surface area contributed by atoms with Gasteiger partial charge in [-0.1, -0.05) is 140 Å². The van der Waals surface area contributed by atoms with Crippen molar-refractivity contribution in [2.24, 2.45) is 0 Å². The van der Waals surface area contributed by atoms with E-state index in [1.54, 1.807) is 0 Å². The van der Waals surface area contributed by atoms with Crippen LogP contribution in [0.3, 0.4) is 0 Å². The summed E-state index contributed by atoms with van der Waals surface area (Å²) in [6.07, 6.45) is 13.6. The lowest BCUT2D eigenvalue weighted by molar-refractivity contribution is 0.726. The lowest BCUT2D eigenvalue weighted by Crippen LogP contribution is -2.08. The molecule has 0 fully saturated rings. The number of nitrogens with zero attached hydrogens (tertiary/aromatic N) is 2.